The standard InChI is InChI=1S/C29H27Cl2N5O5/c30-22-10-18(16-4-2-1-3-5-16)11-23(31)26(22)24(37)12-19(28(40)41)14-34-25(38)15-36-9-8-17-6-7-20(35-29(32)33)13-21(17)27(36)39/h1-7,10-11,13,19H,8-9,12,14-15H2,(H,34,38)(H,40,41)(H4,32,33,35)/t19-/m0/s1. The van der Waals surface area contributed by atoms with E-state index < -0.39 is 30.0 Å². The van der Waals surface area contributed by atoms with Gasteiger partial charge in [0.05, 0.1) is 33.8 Å². The number of carboxylic acid groups (broad SMARTS) is 1. The number of nitrogens with two attached hydrogens (primary N) is 2. The summed E-state index contributed by atoms with van der Waals surface area (Å²) >= 11 is 12.8. The Bertz CT molecular complexity index is 1520. The van der Waals surface area contributed by atoms with Crippen LogP contribution in [0.3, 0.4) is 0 Å². The quantitative estimate of drug-likeness (QED) is 0.157. The summed E-state index contributed by atoms with van der Waals surface area (Å²) in [5.74, 6) is -4.17. The monoisotopic (exact) mass is 595 g/mol. The van der Waals surface area contributed by atoms with Crippen molar-refractivity contribution in [2.45, 2.75) is 12.8 Å². The number of hydrogen-bond acceptors (Lipinski definition) is 5. The summed E-state index contributed by atoms with van der Waals surface area (Å²) in [7, 11) is 0. The number of amides is 2. The topological polar surface area (TPSA) is 168 Å². The summed E-state index contributed by atoms with van der Waals surface area (Å²) in [5.41, 5.74) is 14.0. The molecule has 3 aromatic carbocycles. The molecule has 0 aromatic heterocycles. The SMILES string of the molecule is NC(N)=Nc1ccc2c(c1)C(=O)N(CC(=O)NC[C@H](CC(=O)c1c(Cl)cc(-c3ccccc3)cc1Cl)C(=O)O)CC2. The largest absolute Gasteiger partial charge is 0.481 e. The van der Waals surface area contributed by atoms with Gasteiger partial charge in [-0.15, -0.1) is 0 Å². The van der Waals surface area contributed by atoms with Gasteiger partial charge in [-0.3, -0.25) is 19.2 Å². The number of fused-ring (bicyclic) bond motifs is 1. The van der Waals surface area contributed by atoms with Crippen LogP contribution in [-0.2, 0) is 16.0 Å². The maximum atomic E-state index is 13.0. The van der Waals surface area contributed by atoms with Gasteiger partial charge in [0.15, 0.2) is 11.7 Å². The molecule has 12 heteroatoms. The Labute approximate surface area is 245 Å². The molecule has 1 heterocycles. The smallest absolute Gasteiger partial charge is 0.308 e. The second-order valence-corrected chi connectivity index (χ2v) is 10.3. The number of ketones is 1. The van der Waals surface area contributed by atoms with Gasteiger partial charge < -0.3 is 26.8 Å². The van der Waals surface area contributed by atoms with E-state index in [0.29, 0.717) is 29.8 Å². The van der Waals surface area contributed by atoms with Crippen LogP contribution in [0.1, 0.15) is 32.7 Å². The molecule has 2 amide bonds. The predicted molar refractivity (Wildman–Crippen MR) is 157 cm³/mol. The van der Waals surface area contributed by atoms with Crippen LogP contribution in [0.5, 0.6) is 0 Å². The molecule has 1 aliphatic heterocycles. The first-order valence-corrected chi connectivity index (χ1v) is 13.4. The molecule has 0 unspecified atom stereocenters. The van der Waals surface area contributed by atoms with E-state index in [0.717, 1.165) is 11.1 Å². The van der Waals surface area contributed by atoms with E-state index in [4.69, 9.17) is 34.7 Å². The fourth-order valence-electron chi connectivity index (χ4n) is 4.55. The van der Waals surface area contributed by atoms with Gasteiger partial charge in [0, 0.05) is 25.1 Å². The highest BCUT2D eigenvalue weighted by molar-refractivity contribution is 6.40. The molecular formula is C29H27Cl2N5O5. The third-order valence-electron chi connectivity index (χ3n) is 6.61. The van der Waals surface area contributed by atoms with Crippen LogP contribution in [0.2, 0.25) is 10.0 Å². The number of hydrogen-bond donors (Lipinski definition) is 4. The van der Waals surface area contributed by atoms with E-state index in [2.05, 4.69) is 10.3 Å². The lowest BCUT2D eigenvalue weighted by molar-refractivity contribution is -0.141. The van der Waals surface area contributed by atoms with Crippen LogP contribution in [0.4, 0.5) is 5.69 Å². The molecule has 212 valence electrons. The van der Waals surface area contributed by atoms with Gasteiger partial charge in [0.25, 0.3) is 5.91 Å². The normalized spacial score (nSPS) is 13.2. The van der Waals surface area contributed by atoms with E-state index in [1.165, 1.54) is 4.90 Å². The molecule has 0 radical (unpaired) electrons. The minimum atomic E-state index is -1.28. The molecule has 0 saturated heterocycles. The number of rotatable bonds is 10. The molecule has 41 heavy (non-hydrogen) atoms. The van der Waals surface area contributed by atoms with Crippen molar-refractivity contribution >= 4 is 58.4 Å². The Morgan fingerprint density at radius 3 is 2.32 bits per heavy atom. The maximum Gasteiger partial charge on any atom is 0.308 e. The first-order valence-electron chi connectivity index (χ1n) is 12.6. The first kappa shape index (κ1) is 29.6. The lowest BCUT2D eigenvalue weighted by atomic mass is 9.96. The zero-order valence-electron chi connectivity index (χ0n) is 21.8. The summed E-state index contributed by atoms with van der Waals surface area (Å²) in [6.07, 6.45) is 0.0800. The molecule has 0 aliphatic carbocycles. The van der Waals surface area contributed by atoms with Gasteiger partial charge in [-0.25, -0.2) is 4.99 Å². The fraction of sp³-hybridized carbons (Fsp3) is 0.207. The van der Waals surface area contributed by atoms with Gasteiger partial charge in [0.1, 0.15) is 0 Å². The number of guanidine groups is 1. The van der Waals surface area contributed by atoms with E-state index in [1.54, 1.807) is 30.3 Å². The van der Waals surface area contributed by atoms with Crippen molar-refractivity contribution < 1.29 is 24.3 Å². The third-order valence-corrected chi connectivity index (χ3v) is 7.21. The van der Waals surface area contributed by atoms with Crippen molar-refractivity contribution in [2.24, 2.45) is 22.4 Å². The van der Waals surface area contributed by atoms with Crippen molar-refractivity contribution in [1.82, 2.24) is 10.2 Å². The molecular weight excluding hydrogens is 569 g/mol. The number of carboxylic acids is 1. The number of nitrogens with zero attached hydrogens (tertiary/aromatic N) is 2. The zero-order chi connectivity index (χ0) is 29.7. The van der Waals surface area contributed by atoms with Gasteiger partial charge >= 0.3 is 5.97 Å². The van der Waals surface area contributed by atoms with Gasteiger partial charge in [-0.1, -0.05) is 59.6 Å². The highest BCUT2D eigenvalue weighted by Crippen LogP contribution is 2.33. The molecule has 10 nitrogen and oxygen atoms in total. The number of carbonyl (C=O) groups is 4. The van der Waals surface area contributed by atoms with E-state index in [9.17, 15) is 24.3 Å². The average molecular weight is 596 g/mol. The van der Waals surface area contributed by atoms with E-state index in [1.807, 2.05) is 30.3 Å². The number of nitrogens with one attached hydrogen (secondary N) is 1. The number of aliphatic carboxylic acids is 1. The zero-order valence-corrected chi connectivity index (χ0v) is 23.3. The van der Waals surface area contributed by atoms with Crippen LogP contribution in [0.25, 0.3) is 11.1 Å². The van der Waals surface area contributed by atoms with Crippen molar-refractivity contribution in [3.63, 3.8) is 0 Å². The fourth-order valence-corrected chi connectivity index (χ4v) is 5.25. The van der Waals surface area contributed by atoms with E-state index in [-0.39, 0.29) is 40.6 Å². The molecule has 3 aromatic rings. The van der Waals surface area contributed by atoms with Gasteiger partial charge in [0.2, 0.25) is 5.91 Å². The molecule has 0 saturated carbocycles. The van der Waals surface area contributed by atoms with Crippen LogP contribution in [-0.4, -0.2) is 59.2 Å². The molecule has 0 bridgehead atoms. The van der Waals surface area contributed by atoms with Crippen LogP contribution in [0.15, 0.2) is 65.7 Å². The van der Waals surface area contributed by atoms with Gasteiger partial charge in [-0.2, -0.15) is 0 Å². The summed E-state index contributed by atoms with van der Waals surface area (Å²) in [6, 6.07) is 17.5. The number of aliphatic imine (C=N–C) groups is 1. The summed E-state index contributed by atoms with van der Waals surface area (Å²) < 4.78 is 0. The number of Topliss-reactive ketones (excluding diaryl/α,β-unsaturated/α-hetero) is 1. The van der Waals surface area contributed by atoms with Crippen molar-refractivity contribution in [3.8, 4) is 11.1 Å². The third kappa shape index (κ3) is 7.22. The summed E-state index contributed by atoms with van der Waals surface area (Å²) in [6.45, 7) is -0.314. The van der Waals surface area contributed by atoms with Crippen molar-refractivity contribution in [2.75, 3.05) is 19.6 Å². The number of benzene rings is 3. The minimum absolute atomic E-state index is 0.0169. The van der Waals surface area contributed by atoms with Crippen LogP contribution >= 0.6 is 23.2 Å². The Hall–Kier alpha value is -4.41. The highest BCUT2D eigenvalue weighted by Gasteiger charge is 2.28. The highest BCUT2D eigenvalue weighted by atomic mass is 35.5. The Morgan fingerprint density at radius 2 is 1.68 bits per heavy atom. The summed E-state index contributed by atoms with van der Waals surface area (Å²) in [5, 5.41) is 12.4. The van der Waals surface area contributed by atoms with Crippen molar-refractivity contribution in [1.29, 1.82) is 0 Å². The second kappa shape index (κ2) is 12.8. The number of halogens is 2. The molecule has 0 fully saturated rings. The minimum Gasteiger partial charge on any atom is -0.481 e. The predicted octanol–water partition coefficient (Wildman–Crippen LogP) is 3.65. The van der Waals surface area contributed by atoms with Crippen LogP contribution < -0.4 is 16.8 Å². The van der Waals surface area contributed by atoms with Crippen molar-refractivity contribution in [3.05, 3.63) is 87.4 Å². The van der Waals surface area contributed by atoms with Gasteiger partial charge in [-0.05, 0) is 47.4 Å². The lowest BCUT2D eigenvalue weighted by Gasteiger charge is -2.28. The Morgan fingerprint density at radius 1 is 1.00 bits per heavy atom. The van der Waals surface area contributed by atoms with Crippen LogP contribution in [0, 0.1) is 5.92 Å². The first-order chi connectivity index (χ1) is 19.5. The average Bonchev–Trinajstić information content (AvgIpc) is 2.92. The molecule has 0 spiro atoms. The molecule has 1 atom stereocenters. The summed E-state index contributed by atoms with van der Waals surface area (Å²) in [4.78, 5) is 55.9. The molecule has 4 rings (SSSR count). The second-order valence-electron chi connectivity index (χ2n) is 9.50. The maximum absolute atomic E-state index is 13.0. The lowest BCUT2D eigenvalue weighted by Crippen LogP contribution is -2.45. The molecule has 6 N–H and O–H groups in total. The Kier molecular flexibility index (Phi) is 9.26. The van der Waals surface area contributed by atoms with E-state index >= 15 is 0 Å². The molecule has 1 aliphatic rings. The number of carbonyl (C=O) groups excluding carboxylic acids is 3. The Balaban J connectivity index is 1.38.